The van der Waals surface area contributed by atoms with Crippen LogP contribution in [0, 0.1) is 5.82 Å². The summed E-state index contributed by atoms with van der Waals surface area (Å²) in [5, 5.41) is 0.132. The second kappa shape index (κ2) is 6.25. The minimum Gasteiger partial charge on any atom is -0.497 e. The van der Waals surface area contributed by atoms with Crippen molar-refractivity contribution in [2.45, 2.75) is 4.83 Å². The van der Waals surface area contributed by atoms with Crippen molar-refractivity contribution in [2.24, 2.45) is 0 Å². The molecule has 0 aromatic heterocycles. The highest BCUT2D eigenvalue weighted by Gasteiger charge is 2.18. The van der Waals surface area contributed by atoms with Crippen LogP contribution in [0.2, 0.25) is 5.02 Å². The molecule has 2 rings (SSSR count). The molecule has 0 N–H and O–H groups in total. The number of hydrogen-bond donors (Lipinski definition) is 0. The molecule has 0 aliphatic rings. The molecule has 2 aromatic carbocycles. The van der Waals surface area contributed by atoms with Crippen molar-refractivity contribution in [1.29, 1.82) is 0 Å². The minimum atomic E-state index is -0.423. The van der Waals surface area contributed by atoms with Crippen molar-refractivity contribution < 1.29 is 9.13 Å². The van der Waals surface area contributed by atoms with E-state index >= 15 is 0 Å². The van der Waals surface area contributed by atoms with Gasteiger partial charge in [0.05, 0.1) is 17.0 Å². The number of hydrogen-bond acceptors (Lipinski definition) is 1. The van der Waals surface area contributed by atoms with Gasteiger partial charge in [-0.3, -0.25) is 0 Å². The molecule has 0 aliphatic carbocycles. The summed E-state index contributed by atoms with van der Waals surface area (Å²) in [4.78, 5) is -0.198. The number of benzene rings is 2. The van der Waals surface area contributed by atoms with Gasteiger partial charge in [0.2, 0.25) is 0 Å². The summed E-state index contributed by atoms with van der Waals surface area (Å²) in [6.45, 7) is 0. The number of methoxy groups -OCH3 is 1. The zero-order valence-corrected chi connectivity index (χ0v) is 13.9. The van der Waals surface area contributed by atoms with Gasteiger partial charge in [0.25, 0.3) is 0 Å². The van der Waals surface area contributed by atoms with E-state index in [1.165, 1.54) is 6.07 Å². The topological polar surface area (TPSA) is 9.23 Å². The van der Waals surface area contributed by atoms with Crippen molar-refractivity contribution in [3.05, 3.63) is 62.8 Å². The predicted octanol–water partition coefficient (Wildman–Crippen LogP) is 5.73. The fraction of sp³-hybridized carbons (Fsp3) is 0.143. The van der Waals surface area contributed by atoms with Gasteiger partial charge in [-0.15, -0.1) is 0 Å². The Morgan fingerprint density at radius 2 is 1.95 bits per heavy atom. The lowest BCUT2D eigenvalue weighted by Crippen LogP contribution is -1.97. The highest BCUT2D eigenvalue weighted by molar-refractivity contribution is 9.11. The summed E-state index contributed by atoms with van der Waals surface area (Å²) in [7, 11) is 1.61. The van der Waals surface area contributed by atoms with E-state index in [0.717, 1.165) is 15.8 Å². The standard InChI is InChI=1S/C14H10Br2ClFO/c1-19-8-5-6-9(11(15)7-8)13(16)10-3-2-4-12(18)14(10)17/h2-7,13H,1H3. The van der Waals surface area contributed by atoms with Crippen LogP contribution in [0.25, 0.3) is 0 Å². The van der Waals surface area contributed by atoms with E-state index < -0.39 is 5.82 Å². The van der Waals surface area contributed by atoms with Gasteiger partial charge in [-0.25, -0.2) is 4.39 Å². The van der Waals surface area contributed by atoms with Crippen molar-refractivity contribution in [1.82, 2.24) is 0 Å². The van der Waals surface area contributed by atoms with Crippen LogP contribution in [0.5, 0.6) is 5.75 Å². The molecular weight excluding hydrogens is 398 g/mol. The van der Waals surface area contributed by atoms with Crippen LogP contribution in [0.15, 0.2) is 40.9 Å². The molecule has 5 heteroatoms. The molecule has 100 valence electrons. The number of alkyl halides is 1. The van der Waals surface area contributed by atoms with Crippen LogP contribution in [0.1, 0.15) is 16.0 Å². The summed E-state index contributed by atoms with van der Waals surface area (Å²) < 4.78 is 19.5. The Morgan fingerprint density at radius 1 is 1.21 bits per heavy atom. The molecule has 0 amide bonds. The van der Waals surface area contributed by atoms with Crippen LogP contribution >= 0.6 is 43.5 Å². The van der Waals surface area contributed by atoms with Crippen molar-refractivity contribution >= 4 is 43.5 Å². The first-order valence-electron chi connectivity index (χ1n) is 5.46. The highest BCUT2D eigenvalue weighted by atomic mass is 79.9. The van der Waals surface area contributed by atoms with Gasteiger partial charge < -0.3 is 4.74 Å². The summed E-state index contributed by atoms with van der Waals surface area (Å²) >= 11 is 13.0. The maximum Gasteiger partial charge on any atom is 0.142 e. The van der Waals surface area contributed by atoms with Crippen molar-refractivity contribution in [3.8, 4) is 5.75 Å². The third kappa shape index (κ3) is 3.12. The smallest absolute Gasteiger partial charge is 0.142 e. The molecule has 0 bridgehead atoms. The number of ether oxygens (including phenoxy) is 1. The SMILES string of the molecule is COc1ccc(C(Br)c2cccc(F)c2Cl)c(Br)c1. The molecule has 0 saturated carbocycles. The summed E-state index contributed by atoms with van der Waals surface area (Å²) in [6, 6.07) is 10.4. The second-order valence-corrected chi connectivity index (χ2v) is 6.04. The van der Waals surface area contributed by atoms with E-state index in [1.54, 1.807) is 19.2 Å². The van der Waals surface area contributed by atoms with E-state index in [2.05, 4.69) is 31.9 Å². The minimum absolute atomic E-state index is 0.132. The summed E-state index contributed by atoms with van der Waals surface area (Å²) in [6.07, 6.45) is 0. The summed E-state index contributed by atoms with van der Waals surface area (Å²) in [5.41, 5.74) is 1.64. The van der Waals surface area contributed by atoms with Gasteiger partial charge in [-0.1, -0.05) is 61.7 Å². The average Bonchev–Trinajstić information content (AvgIpc) is 2.41. The van der Waals surface area contributed by atoms with Gasteiger partial charge in [0.1, 0.15) is 11.6 Å². The molecule has 0 fully saturated rings. The lowest BCUT2D eigenvalue weighted by Gasteiger charge is -2.15. The van der Waals surface area contributed by atoms with E-state index in [-0.39, 0.29) is 9.85 Å². The first-order valence-corrected chi connectivity index (χ1v) is 7.54. The quantitative estimate of drug-likeness (QED) is 0.589. The molecule has 0 aliphatic heterocycles. The third-order valence-electron chi connectivity index (χ3n) is 2.74. The van der Waals surface area contributed by atoms with Crippen LogP contribution < -0.4 is 4.74 Å². The van der Waals surface area contributed by atoms with Gasteiger partial charge in [-0.05, 0) is 29.3 Å². The normalized spacial score (nSPS) is 12.3. The van der Waals surface area contributed by atoms with Gasteiger partial charge in [0.15, 0.2) is 0 Å². The van der Waals surface area contributed by atoms with Crippen molar-refractivity contribution in [2.75, 3.05) is 7.11 Å². The molecule has 0 saturated heterocycles. The molecule has 0 radical (unpaired) electrons. The Bertz CT molecular complexity index is 604. The van der Waals surface area contributed by atoms with Crippen LogP contribution in [0.3, 0.4) is 0 Å². The Balaban J connectivity index is 2.44. The molecule has 19 heavy (non-hydrogen) atoms. The predicted molar refractivity (Wildman–Crippen MR) is 82.9 cm³/mol. The van der Waals surface area contributed by atoms with E-state index in [0.29, 0.717) is 5.56 Å². The van der Waals surface area contributed by atoms with Gasteiger partial charge in [-0.2, -0.15) is 0 Å². The fourth-order valence-electron chi connectivity index (χ4n) is 1.72. The number of rotatable bonds is 3. The Labute approximate surface area is 133 Å². The molecule has 0 heterocycles. The van der Waals surface area contributed by atoms with Gasteiger partial charge >= 0.3 is 0 Å². The second-order valence-electron chi connectivity index (χ2n) is 3.89. The van der Waals surface area contributed by atoms with Crippen LogP contribution in [-0.2, 0) is 0 Å². The van der Waals surface area contributed by atoms with Gasteiger partial charge in [0, 0.05) is 4.47 Å². The molecule has 1 atom stereocenters. The zero-order valence-electron chi connectivity index (χ0n) is 9.96. The van der Waals surface area contributed by atoms with E-state index in [4.69, 9.17) is 16.3 Å². The monoisotopic (exact) mass is 406 g/mol. The molecule has 1 unspecified atom stereocenters. The highest BCUT2D eigenvalue weighted by Crippen LogP contribution is 2.40. The zero-order chi connectivity index (χ0) is 14.0. The first-order chi connectivity index (χ1) is 9.04. The Hall–Kier alpha value is -0.580. The van der Waals surface area contributed by atoms with Crippen LogP contribution in [0.4, 0.5) is 4.39 Å². The lowest BCUT2D eigenvalue weighted by molar-refractivity contribution is 0.414. The molecule has 2 aromatic rings. The van der Waals surface area contributed by atoms with E-state index in [1.807, 2.05) is 18.2 Å². The molecular formula is C14H10Br2ClFO. The first kappa shape index (κ1) is 14.8. The molecule has 1 nitrogen and oxygen atoms in total. The number of halogens is 4. The van der Waals surface area contributed by atoms with E-state index in [9.17, 15) is 4.39 Å². The van der Waals surface area contributed by atoms with Crippen LogP contribution in [-0.4, -0.2) is 7.11 Å². The maximum absolute atomic E-state index is 13.5. The average molecular weight is 408 g/mol. The Kier molecular flexibility index (Phi) is 4.87. The molecule has 0 spiro atoms. The summed E-state index contributed by atoms with van der Waals surface area (Å²) in [5.74, 6) is 0.328. The fourth-order valence-corrected chi connectivity index (χ4v) is 3.77. The third-order valence-corrected chi connectivity index (χ3v) is 4.81. The Morgan fingerprint density at radius 3 is 2.58 bits per heavy atom. The maximum atomic E-state index is 13.5. The largest absolute Gasteiger partial charge is 0.497 e. The van der Waals surface area contributed by atoms with Crippen molar-refractivity contribution in [3.63, 3.8) is 0 Å². The lowest BCUT2D eigenvalue weighted by atomic mass is 10.0.